The van der Waals surface area contributed by atoms with E-state index in [-0.39, 0.29) is 6.42 Å². The molecule has 0 spiro atoms. The highest BCUT2D eigenvalue weighted by Crippen LogP contribution is 2.10. The predicted molar refractivity (Wildman–Crippen MR) is 46.8 cm³/mol. The van der Waals surface area contributed by atoms with Crippen LogP contribution in [0.2, 0.25) is 0 Å². The van der Waals surface area contributed by atoms with Gasteiger partial charge in [-0.15, -0.1) is 0 Å². The molecular formula is C9H9N3O. The van der Waals surface area contributed by atoms with Crippen LogP contribution >= 0.6 is 0 Å². The van der Waals surface area contributed by atoms with Crippen LogP contribution < -0.4 is 5.73 Å². The van der Waals surface area contributed by atoms with E-state index < -0.39 is 6.04 Å². The minimum atomic E-state index is -0.412. The Bertz CT molecular complexity index is 343. The van der Waals surface area contributed by atoms with E-state index in [4.69, 9.17) is 11.0 Å². The molecule has 1 rings (SSSR count). The second-order valence-electron chi connectivity index (χ2n) is 2.60. The zero-order chi connectivity index (χ0) is 9.68. The normalized spacial score (nSPS) is 11.7. The second-order valence-corrected chi connectivity index (χ2v) is 2.60. The lowest BCUT2D eigenvalue weighted by Gasteiger charge is -2.05. The van der Waals surface area contributed by atoms with Crippen molar-refractivity contribution in [1.82, 2.24) is 4.98 Å². The molecule has 0 fully saturated rings. The van der Waals surface area contributed by atoms with Crippen LogP contribution in [-0.4, -0.2) is 11.3 Å². The zero-order valence-corrected chi connectivity index (χ0v) is 6.97. The Hall–Kier alpha value is -1.73. The van der Waals surface area contributed by atoms with Crippen molar-refractivity contribution in [3.63, 3.8) is 0 Å². The molecule has 0 amide bonds. The Balaban J connectivity index is 2.89. The molecule has 0 aliphatic heterocycles. The zero-order valence-electron chi connectivity index (χ0n) is 6.97. The van der Waals surface area contributed by atoms with E-state index in [9.17, 15) is 4.79 Å². The average Bonchev–Trinajstić information content (AvgIpc) is 2.18. The lowest BCUT2D eigenvalue weighted by molar-refractivity contribution is 0.112. The first kappa shape index (κ1) is 9.36. The monoisotopic (exact) mass is 175 g/mol. The van der Waals surface area contributed by atoms with Gasteiger partial charge in [0.05, 0.1) is 24.2 Å². The number of aromatic nitrogens is 1. The third-order valence-corrected chi connectivity index (χ3v) is 1.63. The van der Waals surface area contributed by atoms with Gasteiger partial charge in [-0.3, -0.25) is 9.78 Å². The van der Waals surface area contributed by atoms with Crippen molar-refractivity contribution in [2.24, 2.45) is 5.73 Å². The molecular weight excluding hydrogens is 166 g/mol. The fourth-order valence-corrected chi connectivity index (χ4v) is 0.945. The van der Waals surface area contributed by atoms with Gasteiger partial charge in [0.15, 0.2) is 0 Å². The molecule has 13 heavy (non-hydrogen) atoms. The minimum absolute atomic E-state index is 0.204. The first-order chi connectivity index (χ1) is 6.27. The van der Waals surface area contributed by atoms with E-state index in [1.807, 2.05) is 6.07 Å². The summed E-state index contributed by atoms with van der Waals surface area (Å²) in [5.74, 6) is 0. The SMILES string of the molecule is N#CCC(N)c1cc(C=O)ccn1. The van der Waals surface area contributed by atoms with Crippen LogP contribution in [0.1, 0.15) is 28.5 Å². The molecule has 0 radical (unpaired) electrons. The first-order valence-electron chi connectivity index (χ1n) is 3.81. The summed E-state index contributed by atoms with van der Waals surface area (Å²) in [6.45, 7) is 0. The highest BCUT2D eigenvalue weighted by Gasteiger charge is 2.06. The molecule has 0 saturated heterocycles. The van der Waals surface area contributed by atoms with Crippen molar-refractivity contribution in [3.05, 3.63) is 29.6 Å². The lowest BCUT2D eigenvalue weighted by Crippen LogP contribution is -2.11. The molecule has 1 heterocycles. The topological polar surface area (TPSA) is 79.8 Å². The molecule has 1 atom stereocenters. The Morgan fingerprint density at radius 3 is 3.15 bits per heavy atom. The number of nitrogens with zero attached hydrogens (tertiary/aromatic N) is 2. The second kappa shape index (κ2) is 4.33. The maximum Gasteiger partial charge on any atom is 0.150 e. The molecule has 0 aromatic carbocycles. The van der Waals surface area contributed by atoms with Crippen molar-refractivity contribution in [2.45, 2.75) is 12.5 Å². The van der Waals surface area contributed by atoms with E-state index in [1.54, 1.807) is 12.1 Å². The number of carbonyl (C=O) groups is 1. The van der Waals surface area contributed by atoms with Crippen molar-refractivity contribution >= 4 is 6.29 Å². The van der Waals surface area contributed by atoms with Crippen molar-refractivity contribution in [3.8, 4) is 6.07 Å². The molecule has 1 aromatic heterocycles. The summed E-state index contributed by atoms with van der Waals surface area (Å²) in [5.41, 5.74) is 6.73. The molecule has 2 N–H and O–H groups in total. The van der Waals surface area contributed by atoms with Crippen molar-refractivity contribution in [2.75, 3.05) is 0 Å². The third-order valence-electron chi connectivity index (χ3n) is 1.63. The summed E-state index contributed by atoms with van der Waals surface area (Å²) in [6, 6.07) is 4.72. The number of nitriles is 1. The van der Waals surface area contributed by atoms with Crippen LogP contribution in [-0.2, 0) is 0 Å². The number of pyridine rings is 1. The van der Waals surface area contributed by atoms with Gasteiger partial charge < -0.3 is 5.73 Å². The van der Waals surface area contributed by atoms with Crippen LogP contribution in [0.3, 0.4) is 0 Å². The number of nitrogens with two attached hydrogens (primary N) is 1. The molecule has 0 bridgehead atoms. The summed E-state index contributed by atoms with van der Waals surface area (Å²) >= 11 is 0. The quantitative estimate of drug-likeness (QED) is 0.689. The Labute approximate surface area is 76.0 Å². The molecule has 66 valence electrons. The van der Waals surface area contributed by atoms with E-state index >= 15 is 0 Å². The highest BCUT2D eigenvalue weighted by molar-refractivity contribution is 5.74. The Morgan fingerprint density at radius 1 is 1.77 bits per heavy atom. The van der Waals surface area contributed by atoms with Crippen LogP contribution in [0.25, 0.3) is 0 Å². The summed E-state index contributed by atoms with van der Waals surface area (Å²) in [7, 11) is 0. The van der Waals surface area contributed by atoms with Gasteiger partial charge >= 0.3 is 0 Å². The van der Waals surface area contributed by atoms with Gasteiger partial charge in [-0.1, -0.05) is 0 Å². The molecule has 0 aliphatic rings. The molecule has 1 unspecified atom stereocenters. The van der Waals surface area contributed by atoms with Crippen molar-refractivity contribution < 1.29 is 4.79 Å². The number of hydrogen-bond acceptors (Lipinski definition) is 4. The van der Waals surface area contributed by atoms with Gasteiger partial charge in [-0.2, -0.15) is 5.26 Å². The average molecular weight is 175 g/mol. The van der Waals surface area contributed by atoms with E-state index in [0.717, 1.165) is 6.29 Å². The number of rotatable bonds is 3. The van der Waals surface area contributed by atoms with Crippen LogP contribution in [0.5, 0.6) is 0 Å². The fourth-order valence-electron chi connectivity index (χ4n) is 0.945. The predicted octanol–water partition coefficient (Wildman–Crippen LogP) is 0.808. The number of hydrogen-bond donors (Lipinski definition) is 1. The van der Waals surface area contributed by atoms with Gasteiger partial charge in [-0.05, 0) is 12.1 Å². The lowest BCUT2D eigenvalue weighted by atomic mass is 10.1. The standard InChI is InChI=1S/C9H9N3O/c10-3-1-8(11)9-5-7(6-13)2-4-12-9/h2,4-6,8H,1,11H2. The molecule has 0 aliphatic carbocycles. The van der Waals surface area contributed by atoms with Gasteiger partial charge in [0.2, 0.25) is 0 Å². The smallest absolute Gasteiger partial charge is 0.150 e. The maximum absolute atomic E-state index is 10.4. The number of aldehydes is 1. The Morgan fingerprint density at radius 2 is 2.54 bits per heavy atom. The molecule has 4 nitrogen and oxygen atoms in total. The van der Waals surface area contributed by atoms with E-state index in [1.165, 1.54) is 6.20 Å². The van der Waals surface area contributed by atoms with Crippen LogP contribution in [0.15, 0.2) is 18.3 Å². The van der Waals surface area contributed by atoms with Gasteiger partial charge in [0.1, 0.15) is 6.29 Å². The summed E-state index contributed by atoms with van der Waals surface area (Å²) in [6.07, 6.45) is 2.44. The molecule has 4 heteroatoms. The largest absolute Gasteiger partial charge is 0.322 e. The van der Waals surface area contributed by atoms with Crippen molar-refractivity contribution in [1.29, 1.82) is 5.26 Å². The number of carbonyl (C=O) groups excluding carboxylic acids is 1. The summed E-state index contributed by atoms with van der Waals surface area (Å²) < 4.78 is 0. The van der Waals surface area contributed by atoms with Crippen LogP contribution in [0.4, 0.5) is 0 Å². The van der Waals surface area contributed by atoms with E-state index in [0.29, 0.717) is 11.3 Å². The van der Waals surface area contributed by atoms with Gasteiger partial charge in [0, 0.05) is 11.8 Å². The minimum Gasteiger partial charge on any atom is -0.322 e. The summed E-state index contributed by atoms with van der Waals surface area (Å²) in [4.78, 5) is 14.4. The maximum atomic E-state index is 10.4. The Kier molecular flexibility index (Phi) is 3.12. The van der Waals surface area contributed by atoms with Gasteiger partial charge in [0.25, 0.3) is 0 Å². The molecule has 1 aromatic rings. The van der Waals surface area contributed by atoms with Crippen LogP contribution in [0, 0.1) is 11.3 Å². The summed E-state index contributed by atoms with van der Waals surface area (Å²) in [5, 5.41) is 8.40. The first-order valence-corrected chi connectivity index (χ1v) is 3.81. The molecule has 0 saturated carbocycles. The third kappa shape index (κ3) is 2.36. The van der Waals surface area contributed by atoms with Gasteiger partial charge in [-0.25, -0.2) is 0 Å². The fraction of sp³-hybridized carbons (Fsp3) is 0.222. The van der Waals surface area contributed by atoms with E-state index in [2.05, 4.69) is 4.98 Å². The highest BCUT2D eigenvalue weighted by atomic mass is 16.1.